The Hall–Kier alpha value is -2.55. The van der Waals surface area contributed by atoms with Gasteiger partial charge in [-0.25, -0.2) is 0 Å². The Labute approximate surface area is 124 Å². The topological polar surface area (TPSA) is 35.5 Å². The summed E-state index contributed by atoms with van der Waals surface area (Å²) < 4.78 is 10.4. The lowest BCUT2D eigenvalue weighted by Gasteiger charge is -2.07. The summed E-state index contributed by atoms with van der Waals surface area (Å²) in [5.74, 6) is 1.04. The third kappa shape index (κ3) is 3.72. The maximum absolute atomic E-state index is 12.3. The van der Waals surface area contributed by atoms with Gasteiger partial charge in [-0.2, -0.15) is 0 Å². The molecule has 0 N–H and O–H groups in total. The van der Waals surface area contributed by atoms with Crippen molar-refractivity contribution in [3.63, 3.8) is 0 Å². The van der Waals surface area contributed by atoms with E-state index >= 15 is 0 Å². The summed E-state index contributed by atoms with van der Waals surface area (Å²) in [6, 6.07) is 13.1. The lowest BCUT2D eigenvalue weighted by Crippen LogP contribution is -1.99. The third-order valence-corrected chi connectivity index (χ3v) is 3.18. The number of ether oxygens (including phenoxy) is 2. The van der Waals surface area contributed by atoms with E-state index in [1.807, 2.05) is 31.2 Å². The molecule has 0 atom stereocenters. The SMILES string of the molecule is COc1ccc(OC)c(C(=O)/C=C/c2ccc(C)cc2)c1. The van der Waals surface area contributed by atoms with Crippen molar-refractivity contribution in [2.24, 2.45) is 0 Å². The Bertz CT molecular complexity index is 655. The molecule has 0 saturated carbocycles. The van der Waals surface area contributed by atoms with E-state index in [0.717, 1.165) is 5.56 Å². The van der Waals surface area contributed by atoms with Crippen molar-refractivity contribution in [2.75, 3.05) is 14.2 Å². The number of benzene rings is 2. The third-order valence-electron chi connectivity index (χ3n) is 3.18. The molecule has 0 aromatic heterocycles. The molecule has 0 aliphatic rings. The van der Waals surface area contributed by atoms with Gasteiger partial charge in [-0.15, -0.1) is 0 Å². The maximum Gasteiger partial charge on any atom is 0.189 e. The number of carbonyl (C=O) groups is 1. The van der Waals surface area contributed by atoms with Crippen LogP contribution in [0.1, 0.15) is 21.5 Å². The molecule has 3 nitrogen and oxygen atoms in total. The first-order chi connectivity index (χ1) is 10.1. The first-order valence-electron chi connectivity index (χ1n) is 6.65. The Kier molecular flexibility index (Phi) is 4.77. The van der Waals surface area contributed by atoms with Crippen molar-refractivity contribution in [3.8, 4) is 11.5 Å². The van der Waals surface area contributed by atoms with E-state index in [0.29, 0.717) is 17.1 Å². The molecule has 2 aromatic carbocycles. The Balaban J connectivity index is 2.25. The van der Waals surface area contributed by atoms with Crippen molar-refractivity contribution in [3.05, 3.63) is 65.2 Å². The number of methoxy groups -OCH3 is 2. The predicted molar refractivity (Wildman–Crippen MR) is 84.1 cm³/mol. The number of hydrogen-bond donors (Lipinski definition) is 0. The monoisotopic (exact) mass is 282 g/mol. The van der Waals surface area contributed by atoms with Gasteiger partial charge in [0.1, 0.15) is 11.5 Å². The fourth-order valence-corrected chi connectivity index (χ4v) is 1.95. The van der Waals surface area contributed by atoms with Gasteiger partial charge in [0.15, 0.2) is 5.78 Å². The Morgan fingerprint density at radius 1 is 1.00 bits per heavy atom. The lowest BCUT2D eigenvalue weighted by molar-refractivity contribution is 0.104. The molecular formula is C18H18O3. The quantitative estimate of drug-likeness (QED) is 0.616. The van der Waals surface area contributed by atoms with Gasteiger partial charge in [-0.1, -0.05) is 35.9 Å². The standard InChI is InChI=1S/C18H18O3/c1-13-4-6-14(7-5-13)8-10-17(19)16-12-15(20-2)9-11-18(16)21-3/h4-12H,1-3H3/b10-8+. The number of allylic oxidation sites excluding steroid dienone is 1. The van der Waals surface area contributed by atoms with E-state index in [9.17, 15) is 4.79 Å². The highest BCUT2D eigenvalue weighted by Gasteiger charge is 2.11. The largest absolute Gasteiger partial charge is 0.497 e. The van der Waals surface area contributed by atoms with Crippen molar-refractivity contribution < 1.29 is 14.3 Å². The van der Waals surface area contributed by atoms with Crippen LogP contribution >= 0.6 is 0 Å². The fourth-order valence-electron chi connectivity index (χ4n) is 1.95. The minimum absolute atomic E-state index is 0.119. The first-order valence-corrected chi connectivity index (χ1v) is 6.65. The molecule has 0 amide bonds. The number of aryl methyl sites for hydroxylation is 1. The molecule has 0 spiro atoms. The van der Waals surface area contributed by atoms with Crippen molar-refractivity contribution >= 4 is 11.9 Å². The highest BCUT2D eigenvalue weighted by molar-refractivity contribution is 6.08. The number of carbonyl (C=O) groups excluding carboxylic acids is 1. The average molecular weight is 282 g/mol. The van der Waals surface area contributed by atoms with E-state index in [-0.39, 0.29) is 5.78 Å². The molecular weight excluding hydrogens is 264 g/mol. The minimum atomic E-state index is -0.119. The molecule has 0 saturated heterocycles. The van der Waals surface area contributed by atoms with Crippen LogP contribution in [0, 0.1) is 6.92 Å². The van der Waals surface area contributed by atoms with E-state index in [4.69, 9.17) is 9.47 Å². The second-order valence-corrected chi connectivity index (χ2v) is 4.67. The highest BCUT2D eigenvalue weighted by atomic mass is 16.5. The number of hydrogen-bond acceptors (Lipinski definition) is 3. The van der Waals surface area contributed by atoms with Crippen LogP contribution in [0.3, 0.4) is 0 Å². The van der Waals surface area contributed by atoms with Crippen LogP contribution in [-0.2, 0) is 0 Å². The van der Waals surface area contributed by atoms with E-state index in [1.54, 1.807) is 44.6 Å². The van der Waals surface area contributed by atoms with Crippen molar-refractivity contribution in [2.45, 2.75) is 6.92 Å². The molecule has 2 rings (SSSR count). The minimum Gasteiger partial charge on any atom is -0.497 e. The van der Waals surface area contributed by atoms with Gasteiger partial charge >= 0.3 is 0 Å². The van der Waals surface area contributed by atoms with Gasteiger partial charge in [0, 0.05) is 0 Å². The zero-order valence-electron chi connectivity index (χ0n) is 12.4. The van der Waals surface area contributed by atoms with Gasteiger partial charge in [0.2, 0.25) is 0 Å². The molecule has 0 aliphatic carbocycles. The molecule has 0 bridgehead atoms. The maximum atomic E-state index is 12.3. The molecule has 3 heteroatoms. The van der Waals surface area contributed by atoms with E-state index in [2.05, 4.69) is 0 Å². The van der Waals surface area contributed by atoms with Crippen LogP contribution < -0.4 is 9.47 Å². The molecule has 0 radical (unpaired) electrons. The summed E-state index contributed by atoms with van der Waals surface area (Å²) in [5, 5.41) is 0. The average Bonchev–Trinajstić information content (AvgIpc) is 2.53. The summed E-state index contributed by atoms with van der Waals surface area (Å²) in [7, 11) is 3.11. The van der Waals surface area contributed by atoms with E-state index < -0.39 is 0 Å². The van der Waals surface area contributed by atoms with Gasteiger partial charge in [-0.3, -0.25) is 4.79 Å². The van der Waals surface area contributed by atoms with Crippen LogP contribution in [0.5, 0.6) is 11.5 Å². The Morgan fingerprint density at radius 2 is 1.71 bits per heavy atom. The van der Waals surface area contributed by atoms with E-state index in [1.165, 1.54) is 5.56 Å². The molecule has 0 heterocycles. The number of ketones is 1. The summed E-state index contributed by atoms with van der Waals surface area (Å²) in [6.45, 7) is 2.03. The van der Waals surface area contributed by atoms with Crippen LogP contribution in [0.15, 0.2) is 48.5 Å². The van der Waals surface area contributed by atoms with Crippen LogP contribution in [0.25, 0.3) is 6.08 Å². The van der Waals surface area contributed by atoms with Crippen LogP contribution in [-0.4, -0.2) is 20.0 Å². The second kappa shape index (κ2) is 6.75. The predicted octanol–water partition coefficient (Wildman–Crippen LogP) is 3.91. The smallest absolute Gasteiger partial charge is 0.189 e. The normalized spacial score (nSPS) is 10.6. The summed E-state index contributed by atoms with van der Waals surface area (Å²) in [6.07, 6.45) is 3.34. The summed E-state index contributed by atoms with van der Waals surface area (Å²) in [5.41, 5.74) is 2.66. The first kappa shape index (κ1) is 14.9. The van der Waals surface area contributed by atoms with Gasteiger partial charge in [0.25, 0.3) is 0 Å². The Morgan fingerprint density at radius 3 is 2.33 bits per heavy atom. The fraction of sp³-hybridized carbons (Fsp3) is 0.167. The summed E-state index contributed by atoms with van der Waals surface area (Å²) in [4.78, 5) is 12.3. The number of rotatable bonds is 5. The molecule has 0 fully saturated rings. The summed E-state index contributed by atoms with van der Waals surface area (Å²) >= 11 is 0. The molecule has 108 valence electrons. The lowest BCUT2D eigenvalue weighted by atomic mass is 10.1. The van der Waals surface area contributed by atoms with Crippen molar-refractivity contribution in [1.29, 1.82) is 0 Å². The molecule has 21 heavy (non-hydrogen) atoms. The zero-order valence-corrected chi connectivity index (χ0v) is 12.4. The second-order valence-electron chi connectivity index (χ2n) is 4.67. The highest BCUT2D eigenvalue weighted by Crippen LogP contribution is 2.24. The van der Waals surface area contributed by atoms with Gasteiger partial charge < -0.3 is 9.47 Å². The van der Waals surface area contributed by atoms with Crippen LogP contribution in [0.4, 0.5) is 0 Å². The molecule has 2 aromatic rings. The van der Waals surface area contributed by atoms with Gasteiger partial charge in [0.05, 0.1) is 19.8 Å². The molecule has 0 unspecified atom stereocenters. The van der Waals surface area contributed by atoms with Crippen molar-refractivity contribution in [1.82, 2.24) is 0 Å². The molecule has 0 aliphatic heterocycles. The zero-order chi connectivity index (χ0) is 15.2. The van der Waals surface area contributed by atoms with Crippen LogP contribution in [0.2, 0.25) is 0 Å². The van der Waals surface area contributed by atoms with Gasteiger partial charge in [-0.05, 0) is 36.8 Å².